The molecule has 1 aromatic rings. The number of methoxy groups -OCH3 is 1. The van der Waals surface area contributed by atoms with Crippen molar-refractivity contribution in [2.24, 2.45) is 0 Å². The summed E-state index contributed by atoms with van der Waals surface area (Å²) in [7, 11) is 1.45. The Balaban J connectivity index is 3.12. The molecular weight excluding hydrogens is 182 g/mol. The van der Waals surface area contributed by atoms with E-state index in [0.717, 1.165) is 0 Å². The van der Waals surface area contributed by atoms with Crippen molar-refractivity contribution >= 4 is 5.97 Å². The first-order valence-corrected chi connectivity index (χ1v) is 3.96. The van der Waals surface area contributed by atoms with Gasteiger partial charge in [-0.25, -0.2) is 4.79 Å². The average Bonchev–Trinajstić information content (AvgIpc) is 2.18. The lowest BCUT2D eigenvalue weighted by molar-refractivity contribution is 0.0696. The molecule has 0 aliphatic rings. The van der Waals surface area contributed by atoms with Crippen LogP contribution in [0.1, 0.15) is 15.9 Å². The Hall–Kier alpha value is -2.02. The van der Waals surface area contributed by atoms with Crippen molar-refractivity contribution < 1.29 is 14.6 Å². The minimum atomic E-state index is -1.01. The highest BCUT2D eigenvalue weighted by molar-refractivity contribution is 5.88. The minimum Gasteiger partial charge on any atom is -0.496 e. The second-order valence-corrected chi connectivity index (χ2v) is 2.67. The normalized spacial score (nSPS) is 9.14. The van der Waals surface area contributed by atoms with Gasteiger partial charge in [0.15, 0.2) is 0 Å². The molecule has 1 rings (SSSR count). The lowest BCUT2D eigenvalue weighted by Gasteiger charge is -2.05. The predicted octanol–water partition coefficient (Wildman–Crippen LogP) is 1.46. The van der Waals surface area contributed by atoms with Crippen molar-refractivity contribution in [2.75, 3.05) is 7.11 Å². The summed E-state index contributed by atoms with van der Waals surface area (Å²) in [4.78, 5) is 10.6. The first-order chi connectivity index (χ1) is 6.69. The van der Waals surface area contributed by atoms with Gasteiger partial charge in [0.25, 0.3) is 0 Å². The third-order valence-corrected chi connectivity index (χ3v) is 1.80. The average molecular weight is 191 g/mol. The van der Waals surface area contributed by atoms with Gasteiger partial charge in [0.1, 0.15) is 5.75 Å². The number of hydrogen-bond acceptors (Lipinski definition) is 3. The zero-order valence-corrected chi connectivity index (χ0v) is 7.65. The Morgan fingerprint density at radius 3 is 2.86 bits per heavy atom. The standard InChI is InChI=1S/C10H9NO3/c1-14-9-6-8(10(12)13)3-2-7(9)4-5-11/h2-3,6H,4H2,1H3,(H,12,13). The molecule has 14 heavy (non-hydrogen) atoms. The summed E-state index contributed by atoms with van der Waals surface area (Å²) in [5.41, 5.74) is 0.850. The highest BCUT2D eigenvalue weighted by Gasteiger charge is 2.08. The number of rotatable bonds is 3. The number of carbonyl (C=O) groups is 1. The summed E-state index contributed by atoms with van der Waals surface area (Å²) in [5.74, 6) is -0.571. The van der Waals surface area contributed by atoms with Crippen LogP contribution in [0.3, 0.4) is 0 Å². The van der Waals surface area contributed by atoms with Crippen molar-refractivity contribution in [3.8, 4) is 11.8 Å². The second kappa shape index (κ2) is 4.28. The van der Waals surface area contributed by atoms with Crippen LogP contribution in [0.15, 0.2) is 18.2 Å². The van der Waals surface area contributed by atoms with E-state index < -0.39 is 5.97 Å². The van der Waals surface area contributed by atoms with Crippen molar-refractivity contribution in [1.82, 2.24) is 0 Å². The maximum Gasteiger partial charge on any atom is 0.335 e. The Bertz CT molecular complexity index is 393. The fourth-order valence-electron chi connectivity index (χ4n) is 1.11. The van der Waals surface area contributed by atoms with Gasteiger partial charge in [0.2, 0.25) is 0 Å². The number of carboxylic acid groups (broad SMARTS) is 1. The van der Waals surface area contributed by atoms with E-state index in [2.05, 4.69) is 0 Å². The molecule has 0 radical (unpaired) electrons. The van der Waals surface area contributed by atoms with Gasteiger partial charge in [-0.15, -0.1) is 0 Å². The van der Waals surface area contributed by atoms with Crippen molar-refractivity contribution in [2.45, 2.75) is 6.42 Å². The number of aromatic carboxylic acids is 1. The SMILES string of the molecule is COc1cc(C(=O)O)ccc1CC#N. The van der Waals surface area contributed by atoms with Crippen LogP contribution >= 0.6 is 0 Å². The number of hydrogen-bond donors (Lipinski definition) is 1. The van der Waals surface area contributed by atoms with Crippen LogP contribution in [-0.2, 0) is 6.42 Å². The van der Waals surface area contributed by atoms with Crippen LogP contribution in [0.5, 0.6) is 5.75 Å². The minimum absolute atomic E-state index is 0.156. The van der Waals surface area contributed by atoms with Crippen LogP contribution in [0.2, 0.25) is 0 Å². The molecule has 0 fully saturated rings. The zero-order valence-electron chi connectivity index (χ0n) is 7.65. The monoisotopic (exact) mass is 191 g/mol. The summed E-state index contributed by atoms with van der Waals surface area (Å²) < 4.78 is 4.97. The molecule has 0 spiro atoms. The quantitative estimate of drug-likeness (QED) is 0.785. The van der Waals surface area contributed by atoms with Crippen LogP contribution in [0.4, 0.5) is 0 Å². The van der Waals surface area contributed by atoms with E-state index in [-0.39, 0.29) is 12.0 Å². The molecule has 0 bridgehead atoms. The summed E-state index contributed by atoms with van der Waals surface area (Å²) in [6, 6.07) is 6.44. The summed E-state index contributed by atoms with van der Waals surface area (Å²) >= 11 is 0. The Morgan fingerprint density at radius 2 is 2.36 bits per heavy atom. The Morgan fingerprint density at radius 1 is 1.64 bits per heavy atom. The smallest absolute Gasteiger partial charge is 0.335 e. The maximum atomic E-state index is 10.6. The van der Waals surface area contributed by atoms with Crippen molar-refractivity contribution in [1.29, 1.82) is 5.26 Å². The Kier molecular flexibility index (Phi) is 3.08. The molecule has 1 aromatic carbocycles. The second-order valence-electron chi connectivity index (χ2n) is 2.67. The van der Waals surface area contributed by atoms with Crippen LogP contribution in [0, 0.1) is 11.3 Å². The van der Waals surface area contributed by atoms with E-state index in [1.54, 1.807) is 6.07 Å². The lowest BCUT2D eigenvalue weighted by atomic mass is 10.1. The third kappa shape index (κ3) is 2.02. The van der Waals surface area contributed by atoms with Crippen molar-refractivity contribution in [3.63, 3.8) is 0 Å². The van der Waals surface area contributed by atoms with Gasteiger partial charge in [0.05, 0.1) is 25.2 Å². The number of nitriles is 1. The molecule has 72 valence electrons. The molecule has 4 heteroatoms. The van der Waals surface area contributed by atoms with Gasteiger partial charge >= 0.3 is 5.97 Å². The number of ether oxygens (including phenoxy) is 1. The molecule has 0 aromatic heterocycles. The van der Waals surface area contributed by atoms with Gasteiger partial charge in [-0.3, -0.25) is 0 Å². The van der Waals surface area contributed by atoms with Gasteiger partial charge in [-0.1, -0.05) is 6.07 Å². The molecule has 0 saturated carbocycles. The molecule has 4 nitrogen and oxygen atoms in total. The van der Waals surface area contributed by atoms with E-state index in [0.29, 0.717) is 11.3 Å². The highest BCUT2D eigenvalue weighted by Crippen LogP contribution is 2.20. The summed E-state index contributed by atoms with van der Waals surface area (Å²) in [6.45, 7) is 0. The summed E-state index contributed by atoms with van der Waals surface area (Å²) in [5, 5.41) is 17.2. The third-order valence-electron chi connectivity index (χ3n) is 1.80. The molecule has 0 saturated heterocycles. The molecule has 0 unspecified atom stereocenters. The van der Waals surface area contributed by atoms with E-state index >= 15 is 0 Å². The van der Waals surface area contributed by atoms with Gasteiger partial charge in [-0.2, -0.15) is 5.26 Å². The maximum absolute atomic E-state index is 10.6. The molecule has 0 aliphatic heterocycles. The molecule has 0 heterocycles. The number of carboxylic acids is 1. The number of nitrogens with zero attached hydrogens (tertiary/aromatic N) is 1. The van der Waals surface area contributed by atoms with Crippen LogP contribution in [-0.4, -0.2) is 18.2 Å². The first-order valence-electron chi connectivity index (χ1n) is 3.96. The topological polar surface area (TPSA) is 70.3 Å². The largest absolute Gasteiger partial charge is 0.496 e. The van der Waals surface area contributed by atoms with E-state index in [1.165, 1.54) is 19.2 Å². The molecule has 0 aliphatic carbocycles. The predicted molar refractivity (Wildman–Crippen MR) is 49.3 cm³/mol. The van der Waals surface area contributed by atoms with E-state index in [9.17, 15) is 4.79 Å². The molecular formula is C10H9NO3. The molecule has 0 atom stereocenters. The fourth-order valence-corrected chi connectivity index (χ4v) is 1.11. The van der Waals surface area contributed by atoms with Crippen LogP contribution < -0.4 is 4.74 Å². The highest BCUT2D eigenvalue weighted by atomic mass is 16.5. The zero-order chi connectivity index (χ0) is 10.6. The van der Waals surface area contributed by atoms with Gasteiger partial charge in [0, 0.05) is 5.56 Å². The summed E-state index contributed by atoms with van der Waals surface area (Å²) in [6.07, 6.45) is 0.211. The van der Waals surface area contributed by atoms with E-state index in [1.807, 2.05) is 6.07 Å². The van der Waals surface area contributed by atoms with E-state index in [4.69, 9.17) is 15.1 Å². The Labute approximate surface area is 81.4 Å². The fraction of sp³-hybridized carbons (Fsp3) is 0.200. The van der Waals surface area contributed by atoms with Gasteiger partial charge in [-0.05, 0) is 12.1 Å². The molecule has 1 N–H and O–H groups in total. The number of benzene rings is 1. The van der Waals surface area contributed by atoms with Crippen molar-refractivity contribution in [3.05, 3.63) is 29.3 Å². The van der Waals surface area contributed by atoms with Gasteiger partial charge < -0.3 is 9.84 Å². The lowest BCUT2D eigenvalue weighted by Crippen LogP contribution is -1.99. The first kappa shape index (κ1) is 10.1. The molecule has 0 amide bonds. The van der Waals surface area contributed by atoms with Crippen LogP contribution in [0.25, 0.3) is 0 Å².